The van der Waals surface area contributed by atoms with Crippen LogP contribution in [0.1, 0.15) is 90.9 Å². The lowest BCUT2D eigenvalue weighted by Gasteiger charge is -2.27. The molecule has 8 heteroatoms. The maximum absolute atomic E-state index is 12.1. The average Bonchev–Trinajstić information content (AvgIpc) is 3.25. The van der Waals surface area contributed by atoms with Gasteiger partial charge in [0.1, 0.15) is 0 Å². The van der Waals surface area contributed by atoms with E-state index in [1.165, 1.54) is 87.5 Å². The smallest absolute Gasteiger partial charge is 0.234 e. The molecule has 3 rings (SSSR count). The van der Waals surface area contributed by atoms with Crippen LogP contribution in [-0.4, -0.2) is 30.4 Å². The lowest BCUT2D eigenvalue weighted by Crippen LogP contribution is -2.27. The highest BCUT2D eigenvalue weighted by molar-refractivity contribution is 7.99. The highest BCUT2D eigenvalue weighted by Crippen LogP contribution is 2.32. The van der Waals surface area contributed by atoms with Gasteiger partial charge < -0.3 is 10.6 Å². The van der Waals surface area contributed by atoms with Crippen molar-refractivity contribution in [2.75, 3.05) is 18.9 Å². The molecule has 1 atom stereocenters. The SMILES string of the molecule is CC1CCCCC1.CNC(=O)CNSc1cnc(NC(=O)CCC(C)C2CCCCC2)s1. The number of likely N-dealkylation sites (N-methyl/N-ethyl adjacent to an activating group) is 1. The molecule has 0 spiro atoms. The summed E-state index contributed by atoms with van der Waals surface area (Å²) in [5, 5.41) is 6.03. The molecule has 0 saturated heterocycles. The van der Waals surface area contributed by atoms with Gasteiger partial charge in [-0.3, -0.25) is 9.59 Å². The monoisotopic (exact) mass is 482 g/mol. The fourth-order valence-corrected chi connectivity index (χ4v) is 6.01. The first-order valence-corrected chi connectivity index (χ1v) is 14.0. The van der Waals surface area contributed by atoms with E-state index in [-0.39, 0.29) is 18.4 Å². The maximum atomic E-state index is 12.1. The Hall–Kier alpha value is -1.12. The molecule has 1 aromatic heterocycles. The van der Waals surface area contributed by atoms with Crippen LogP contribution in [0.25, 0.3) is 0 Å². The Bertz CT molecular complexity index is 671. The molecule has 0 radical (unpaired) electrons. The third kappa shape index (κ3) is 11.1. The van der Waals surface area contributed by atoms with E-state index in [2.05, 4.69) is 34.2 Å². The van der Waals surface area contributed by atoms with Gasteiger partial charge in [0.05, 0.1) is 17.0 Å². The van der Waals surface area contributed by atoms with Gasteiger partial charge in [0.25, 0.3) is 0 Å². The highest BCUT2D eigenvalue weighted by Gasteiger charge is 2.20. The molecule has 1 aromatic rings. The van der Waals surface area contributed by atoms with Crippen molar-refractivity contribution in [2.45, 2.75) is 95.1 Å². The molecule has 6 nitrogen and oxygen atoms in total. The number of amides is 2. The molecular formula is C24H42N4O2S2. The van der Waals surface area contributed by atoms with Gasteiger partial charge in [0, 0.05) is 13.5 Å². The molecule has 0 aromatic carbocycles. The van der Waals surface area contributed by atoms with Gasteiger partial charge >= 0.3 is 0 Å². The summed E-state index contributed by atoms with van der Waals surface area (Å²) in [5.41, 5.74) is 0. The number of anilines is 1. The van der Waals surface area contributed by atoms with E-state index >= 15 is 0 Å². The molecule has 32 heavy (non-hydrogen) atoms. The topological polar surface area (TPSA) is 83.1 Å². The minimum Gasteiger partial charge on any atom is -0.358 e. The summed E-state index contributed by atoms with van der Waals surface area (Å²) in [5.74, 6) is 2.40. The van der Waals surface area contributed by atoms with E-state index in [0.717, 1.165) is 22.5 Å². The van der Waals surface area contributed by atoms with Gasteiger partial charge in [-0.2, -0.15) is 0 Å². The van der Waals surface area contributed by atoms with Crippen molar-refractivity contribution in [1.29, 1.82) is 0 Å². The molecule has 2 aliphatic rings. The minimum atomic E-state index is -0.0716. The number of hydrogen-bond acceptors (Lipinski definition) is 6. The number of carbonyl (C=O) groups excluding carboxylic acids is 2. The summed E-state index contributed by atoms with van der Waals surface area (Å²) in [7, 11) is 1.60. The molecular weight excluding hydrogens is 440 g/mol. The largest absolute Gasteiger partial charge is 0.358 e. The molecule has 1 heterocycles. The lowest BCUT2D eigenvalue weighted by molar-refractivity contribution is -0.119. The number of nitrogens with zero attached hydrogens (tertiary/aromatic N) is 1. The van der Waals surface area contributed by atoms with E-state index in [9.17, 15) is 9.59 Å². The predicted octanol–water partition coefficient (Wildman–Crippen LogP) is 6.01. The van der Waals surface area contributed by atoms with Crippen molar-refractivity contribution >= 4 is 40.2 Å². The van der Waals surface area contributed by atoms with Crippen molar-refractivity contribution in [1.82, 2.24) is 15.0 Å². The summed E-state index contributed by atoms with van der Waals surface area (Å²) in [4.78, 5) is 27.5. The maximum Gasteiger partial charge on any atom is 0.234 e. The molecule has 2 amide bonds. The zero-order valence-electron chi connectivity index (χ0n) is 20.1. The van der Waals surface area contributed by atoms with Crippen LogP contribution in [0.2, 0.25) is 0 Å². The second-order valence-electron chi connectivity index (χ2n) is 9.29. The van der Waals surface area contributed by atoms with Crippen LogP contribution in [0.15, 0.2) is 10.4 Å². The van der Waals surface area contributed by atoms with Crippen LogP contribution in [0.4, 0.5) is 5.13 Å². The average molecular weight is 483 g/mol. The predicted molar refractivity (Wildman–Crippen MR) is 136 cm³/mol. The zero-order valence-corrected chi connectivity index (χ0v) is 21.7. The molecule has 0 aliphatic heterocycles. The van der Waals surface area contributed by atoms with E-state index in [1.807, 2.05) is 0 Å². The van der Waals surface area contributed by atoms with Gasteiger partial charge in [-0.15, -0.1) is 0 Å². The second-order valence-corrected chi connectivity index (χ2v) is 11.5. The first-order chi connectivity index (χ1) is 15.5. The van der Waals surface area contributed by atoms with Gasteiger partial charge in [-0.05, 0) is 36.1 Å². The minimum absolute atomic E-state index is 0.0341. The number of rotatable bonds is 9. The van der Waals surface area contributed by atoms with Crippen molar-refractivity contribution in [2.24, 2.45) is 17.8 Å². The summed E-state index contributed by atoms with van der Waals surface area (Å²) >= 11 is 2.75. The van der Waals surface area contributed by atoms with Gasteiger partial charge in [-0.25, -0.2) is 9.71 Å². The van der Waals surface area contributed by atoms with Crippen LogP contribution in [0.5, 0.6) is 0 Å². The van der Waals surface area contributed by atoms with Crippen LogP contribution >= 0.6 is 23.3 Å². The molecule has 0 bridgehead atoms. The Labute approximate surface area is 202 Å². The molecule has 2 saturated carbocycles. The van der Waals surface area contributed by atoms with Gasteiger partial charge in [0.2, 0.25) is 11.8 Å². The summed E-state index contributed by atoms with van der Waals surface area (Å²) in [6, 6.07) is 0. The van der Waals surface area contributed by atoms with E-state index in [4.69, 9.17) is 0 Å². The number of thiazole rings is 1. The van der Waals surface area contributed by atoms with E-state index < -0.39 is 0 Å². The second kappa shape index (κ2) is 15.7. The molecule has 2 fully saturated rings. The highest BCUT2D eigenvalue weighted by atomic mass is 32.2. The van der Waals surface area contributed by atoms with Crippen molar-refractivity contribution < 1.29 is 9.59 Å². The number of aromatic nitrogens is 1. The zero-order chi connectivity index (χ0) is 23.2. The molecule has 2 aliphatic carbocycles. The summed E-state index contributed by atoms with van der Waals surface area (Å²) in [6.07, 6.45) is 17.3. The summed E-state index contributed by atoms with van der Waals surface area (Å²) in [6.45, 7) is 4.87. The first kappa shape index (κ1) is 27.1. The van der Waals surface area contributed by atoms with Crippen molar-refractivity contribution in [3.05, 3.63) is 6.20 Å². The van der Waals surface area contributed by atoms with E-state index in [0.29, 0.717) is 17.5 Å². The Morgan fingerprint density at radius 1 is 1.09 bits per heavy atom. The first-order valence-electron chi connectivity index (χ1n) is 12.3. The molecule has 1 unspecified atom stereocenters. The summed E-state index contributed by atoms with van der Waals surface area (Å²) < 4.78 is 3.87. The Balaban J connectivity index is 0.000000439. The van der Waals surface area contributed by atoms with Crippen LogP contribution < -0.4 is 15.4 Å². The normalized spacial score (nSPS) is 18.3. The quantitative estimate of drug-likeness (QED) is 0.376. The molecule has 3 N–H and O–H groups in total. The standard InChI is InChI=1S/C17H28N4O2S2.C7H14/c1-12(13-6-4-3-5-7-13)8-9-14(22)21-17-19-11-16(24-17)25-20-10-15(23)18-2;1-7-5-3-2-4-6-7/h11-13,20H,3-10H2,1-2H3,(H,18,23)(H,19,21,22);7H,2-6H2,1H3. The Morgan fingerprint density at radius 2 is 1.75 bits per heavy atom. The van der Waals surface area contributed by atoms with Crippen LogP contribution in [0.3, 0.4) is 0 Å². The number of nitrogens with one attached hydrogen (secondary N) is 3. The van der Waals surface area contributed by atoms with Crippen LogP contribution in [0, 0.1) is 17.8 Å². The van der Waals surface area contributed by atoms with Gasteiger partial charge in [-0.1, -0.05) is 89.4 Å². The van der Waals surface area contributed by atoms with Crippen molar-refractivity contribution in [3.8, 4) is 0 Å². The molecule has 182 valence electrons. The fraction of sp³-hybridized carbons (Fsp3) is 0.792. The Kier molecular flexibility index (Phi) is 13.3. The number of hydrogen-bond donors (Lipinski definition) is 3. The third-order valence-corrected chi connectivity index (χ3v) is 8.39. The third-order valence-electron chi connectivity index (χ3n) is 6.59. The van der Waals surface area contributed by atoms with Crippen molar-refractivity contribution in [3.63, 3.8) is 0 Å². The number of carbonyl (C=O) groups is 2. The Morgan fingerprint density at radius 3 is 2.34 bits per heavy atom. The van der Waals surface area contributed by atoms with Crippen LogP contribution in [-0.2, 0) is 9.59 Å². The van der Waals surface area contributed by atoms with Gasteiger partial charge in [0.15, 0.2) is 5.13 Å². The lowest BCUT2D eigenvalue weighted by atomic mass is 9.79. The van der Waals surface area contributed by atoms with E-state index in [1.54, 1.807) is 13.2 Å². The fourth-order valence-electron chi connectivity index (χ4n) is 4.41.